The lowest BCUT2D eigenvalue weighted by Gasteiger charge is -2.32. The number of alkyl carbamates (subject to hydrolysis) is 1. The molecule has 0 atom stereocenters. The van der Waals surface area contributed by atoms with Gasteiger partial charge >= 0.3 is 6.09 Å². The number of hydrogen-bond acceptors (Lipinski definition) is 4. The Labute approximate surface area is 143 Å². The molecule has 0 aliphatic carbocycles. The van der Waals surface area contributed by atoms with E-state index < -0.39 is 0 Å². The van der Waals surface area contributed by atoms with Crippen molar-refractivity contribution in [3.05, 3.63) is 29.8 Å². The highest BCUT2D eigenvalue weighted by atomic mass is 16.5. The van der Waals surface area contributed by atoms with E-state index in [1.807, 2.05) is 12.1 Å². The van der Waals surface area contributed by atoms with Gasteiger partial charge in [-0.25, -0.2) is 4.79 Å². The Morgan fingerprint density at radius 3 is 2.62 bits per heavy atom. The minimum atomic E-state index is -0.363. The summed E-state index contributed by atoms with van der Waals surface area (Å²) in [7, 11) is 1.56. The monoisotopic (exact) mass is 334 g/mol. The van der Waals surface area contributed by atoms with Gasteiger partial charge in [-0.05, 0) is 31.4 Å². The molecule has 2 amide bonds. The molecule has 1 aromatic carbocycles. The summed E-state index contributed by atoms with van der Waals surface area (Å²) in [6.07, 6.45) is 2.96. The second-order valence-electron chi connectivity index (χ2n) is 5.90. The highest BCUT2D eigenvalue weighted by molar-refractivity contribution is 5.97. The van der Waals surface area contributed by atoms with E-state index in [1.54, 1.807) is 24.1 Å². The average molecular weight is 334 g/mol. The van der Waals surface area contributed by atoms with Crippen molar-refractivity contribution >= 4 is 12.0 Å². The third-order valence-corrected chi connectivity index (χ3v) is 4.17. The summed E-state index contributed by atoms with van der Waals surface area (Å²) in [5.41, 5.74) is 0.574. The van der Waals surface area contributed by atoms with Crippen LogP contribution in [0.5, 0.6) is 5.75 Å². The van der Waals surface area contributed by atoms with Gasteiger partial charge in [0.1, 0.15) is 5.75 Å². The first-order valence-electron chi connectivity index (χ1n) is 8.51. The smallest absolute Gasteiger partial charge is 0.407 e. The van der Waals surface area contributed by atoms with Crippen molar-refractivity contribution in [3.63, 3.8) is 0 Å². The Morgan fingerprint density at radius 2 is 1.96 bits per heavy atom. The minimum Gasteiger partial charge on any atom is -0.496 e. The second-order valence-corrected chi connectivity index (χ2v) is 5.90. The molecule has 6 nitrogen and oxygen atoms in total. The molecule has 2 rings (SSSR count). The number of benzene rings is 1. The zero-order valence-corrected chi connectivity index (χ0v) is 14.4. The van der Waals surface area contributed by atoms with Gasteiger partial charge in [-0.3, -0.25) is 4.79 Å². The minimum absolute atomic E-state index is 0.0311. The molecule has 24 heavy (non-hydrogen) atoms. The van der Waals surface area contributed by atoms with Crippen LogP contribution in [0.15, 0.2) is 24.3 Å². The number of nitrogens with zero attached hydrogens (tertiary/aromatic N) is 1. The summed E-state index contributed by atoms with van der Waals surface area (Å²) >= 11 is 0. The first kappa shape index (κ1) is 18.1. The van der Waals surface area contributed by atoms with E-state index in [-0.39, 0.29) is 18.0 Å². The molecule has 0 radical (unpaired) electrons. The lowest BCUT2D eigenvalue weighted by molar-refractivity contribution is 0.0698. The van der Waals surface area contributed by atoms with E-state index in [9.17, 15) is 9.59 Å². The Balaban J connectivity index is 1.82. The molecule has 6 heteroatoms. The molecular formula is C18H26N2O4. The van der Waals surface area contributed by atoms with Crippen LogP contribution < -0.4 is 10.1 Å². The molecule has 1 aliphatic rings. The van der Waals surface area contributed by atoms with Gasteiger partial charge in [0.2, 0.25) is 0 Å². The number of para-hydroxylation sites is 1. The number of nitrogens with one attached hydrogen (secondary N) is 1. The van der Waals surface area contributed by atoms with Crippen LogP contribution in [0, 0.1) is 0 Å². The first-order chi connectivity index (χ1) is 11.7. The molecule has 0 spiro atoms. The number of amides is 2. The van der Waals surface area contributed by atoms with E-state index in [4.69, 9.17) is 9.47 Å². The molecule has 132 valence electrons. The van der Waals surface area contributed by atoms with Crippen LogP contribution in [-0.4, -0.2) is 49.7 Å². The number of piperidine rings is 1. The van der Waals surface area contributed by atoms with Crippen molar-refractivity contribution in [2.24, 2.45) is 0 Å². The lowest BCUT2D eigenvalue weighted by atomic mass is 10.0. The maximum absolute atomic E-state index is 12.6. The molecule has 0 bridgehead atoms. The number of carbonyl (C=O) groups excluding carboxylic acids is 2. The average Bonchev–Trinajstić information content (AvgIpc) is 2.62. The van der Waals surface area contributed by atoms with Crippen molar-refractivity contribution in [1.82, 2.24) is 10.2 Å². The lowest BCUT2D eigenvalue weighted by Crippen LogP contribution is -2.46. The van der Waals surface area contributed by atoms with E-state index >= 15 is 0 Å². The van der Waals surface area contributed by atoms with Crippen molar-refractivity contribution < 1.29 is 19.1 Å². The Bertz CT molecular complexity index is 554. The van der Waals surface area contributed by atoms with Crippen LogP contribution in [0.3, 0.4) is 0 Å². The van der Waals surface area contributed by atoms with Crippen LogP contribution in [0.2, 0.25) is 0 Å². The fourth-order valence-electron chi connectivity index (χ4n) is 2.74. The molecule has 0 unspecified atom stereocenters. The molecule has 0 aromatic heterocycles. The zero-order chi connectivity index (χ0) is 17.4. The summed E-state index contributed by atoms with van der Waals surface area (Å²) in [6, 6.07) is 7.29. The largest absolute Gasteiger partial charge is 0.496 e. The summed E-state index contributed by atoms with van der Waals surface area (Å²) in [5, 5.41) is 2.88. The normalized spacial score (nSPS) is 15.0. The number of hydrogen-bond donors (Lipinski definition) is 1. The van der Waals surface area contributed by atoms with Crippen LogP contribution in [0.4, 0.5) is 4.79 Å². The fraction of sp³-hybridized carbons (Fsp3) is 0.556. The van der Waals surface area contributed by atoms with Gasteiger partial charge in [0.25, 0.3) is 5.91 Å². The van der Waals surface area contributed by atoms with Crippen molar-refractivity contribution in [3.8, 4) is 5.75 Å². The van der Waals surface area contributed by atoms with Crippen LogP contribution >= 0.6 is 0 Å². The number of carbonyl (C=O) groups is 2. The van der Waals surface area contributed by atoms with Crippen molar-refractivity contribution in [2.45, 2.75) is 38.6 Å². The van der Waals surface area contributed by atoms with E-state index in [2.05, 4.69) is 12.2 Å². The Kier molecular flexibility index (Phi) is 6.90. The van der Waals surface area contributed by atoms with Crippen LogP contribution in [-0.2, 0) is 4.74 Å². The maximum Gasteiger partial charge on any atom is 0.407 e. The number of methoxy groups -OCH3 is 1. The molecule has 1 heterocycles. The van der Waals surface area contributed by atoms with Gasteiger partial charge in [-0.15, -0.1) is 0 Å². The SMILES string of the molecule is CCCCOC(=O)NC1CCN(C(=O)c2ccccc2OC)CC1. The van der Waals surface area contributed by atoms with Gasteiger partial charge in [-0.2, -0.15) is 0 Å². The molecule has 0 saturated carbocycles. The molecule has 1 aliphatic heterocycles. The number of rotatable bonds is 6. The molecule has 1 saturated heterocycles. The highest BCUT2D eigenvalue weighted by Crippen LogP contribution is 2.21. The van der Waals surface area contributed by atoms with Crippen LogP contribution in [0.25, 0.3) is 0 Å². The molecular weight excluding hydrogens is 308 g/mol. The van der Waals surface area contributed by atoms with Crippen molar-refractivity contribution in [1.29, 1.82) is 0 Å². The number of unbranched alkanes of at least 4 members (excludes halogenated alkanes) is 1. The van der Waals surface area contributed by atoms with Gasteiger partial charge in [-0.1, -0.05) is 25.5 Å². The first-order valence-corrected chi connectivity index (χ1v) is 8.51. The fourth-order valence-corrected chi connectivity index (χ4v) is 2.74. The zero-order valence-electron chi connectivity index (χ0n) is 14.4. The van der Waals surface area contributed by atoms with Gasteiger partial charge < -0.3 is 19.7 Å². The Hall–Kier alpha value is -2.24. The van der Waals surface area contributed by atoms with E-state index in [0.29, 0.717) is 31.0 Å². The van der Waals surface area contributed by atoms with E-state index in [1.165, 1.54) is 0 Å². The molecule has 1 aromatic rings. The predicted octanol–water partition coefficient (Wildman–Crippen LogP) is 2.83. The summed E-state index contributed by atoms with van der Waals surface area (Å²) in [5.74, 6) is 0.554. The predicted molar refractivity (Wildman–Crippen MR) is 91.3 cm³/mol. The standard InChI is InChI=1S/C18H26N2O4/c1-3-4-13-24-18(22)19-14-9-11-20(12-10-14)17(21)15-7-5-6-8-16(15)23-2/h5-8,14H,3-4,9-13H2,1-2H3,(H,19,22). The second kappa shape index (κ2) is 9.15. The third-order valence-electron chi connectivity index (χ3n) is 4.17. The third kappa shape index (κ3) is 4.88. The topological polar surface area (TPSA) is 67.9 Å². The van der Waals surface area contributed by atoms with Crippen molar-refractivity contribution in [2.75, 3.05) is 26.8 Å². The summed E-state index contributed by atoms with van der Waals surface area (Å²) in [6.45, 7) is 3.72. The quantitative estimate of drug-likeness (QED) is 0.812. The van der Waals surface area contributed by atoms with Gasteiger partial charge in [0.05, 0.1) is 19.3 Å². The van der Waals surface area contributed by atoms with Gasteiger partial charge in [0, 0.05) is 19.1 Å². The molecule has 1 fully saturated rings. The maximum atomic E-state index is 12.6. The molecule has 1 N–H and O–H groups in total. The van der Waals surface area contributed by atoms with Gasteiger partial charge in [0.15, 0.2) is 0 Å². The van der Waals surface area contributed by atoms with Crippen LogP contribution in [0.1, 0.15) is 43.0 Å². The number of likely N-dealkylation sites (tertiary alicyclic amines) is 1. The number of ether oxygens (including phenoxy) is 2. The van der Waals surface area contributed by atoms with E-state index in [0.717, 1.165) is 25.7 Å². The summed E-state index contributed by atoms with van der Waals surface area (Å²) in [4.78, 5) is 26.1. The highest BCUT2D eigenvalue weighted by Gasteiger charge is 2.26. The Morgan fingerprint density at radius 1 is 1.25 bits per heavy atom. The summed E-state index contributed by atoms with van der Waals surface area (Å²) < 4.78 is 10.4.